The fourth-order valence-electron chi connectivity index (χ4n) is 5.52. The van der Waals surface area contributed by atoms with Crippen molar-refractivity contribution in [1.29, 1.82) is 0 Å². The third-order valence-corrected chi connectivity index (χ3v) is 7.64. The molecule has 0 radical (unpaired) electrons. The molecule has 0 aliphatic heterocycles. The fraction of sp³-hybridized carbons (Fsp3) is 0.294. The second kappa shape index (κ2) is 12.9. The number of ether oxygens (including phenoxy) is 1. The van der Waals surface area contributed by atoms with Gasteiger partial charge < -0.3 is 24.2 Å². The van der Waals surface area contributed by atoms with E-state index in [9.17, 15) is 5.11 Å². The van der Waals surface area contributed by atoms with Gasteiger partial charge in [0, 0.05) is 33.2 Å². The number of aliphatic hydroxyl groups excluding tert-OH is 1. The van der Waals surface area contributed by atoms with Gasteiger partial charge in [0.25, 0.3) is 0 Å². The Labute approximate surface area is 231 Å². The molecule has 0 aliphatic carbocycles. The van der Waals surface area contributed by atoms with Crippen molar-refractivity contribution in [2.45, 2.75) is 32.6 Å². The summed E-state index contributed by atoms with van der Waals surface area (Å²) in [5, 5.41) is 13.4. The Balaban J connectivity index is 1.49. The molecule has 5 rings (SSSR count). The van der Waals surface area contributed by atoms with Gasteiger partial charge in [0.05, 0.1) is 38.9 Å². The molecular weight excluding hydrogens is 482 g/mol. The normalized spacial score (nSPS) is 13.2. The van der Waals surface area contributed by atoms with Crippen molar-refractivity contribution < 1.29 is 14.7 Å². The maximum Gasteiger partial charge on any atom is 0.126 e. The highest BCUT2D eigenvalue weighted by molar-refractivity contribution is 6.07. The van der Waals surface area contributed by atoms with E-state index in [1.54, 1.807) is 0 Å². The molecule has 2 atom stereocenters. The molecule has 0 unspecified atom stereocenters. The molecule has 0 saturated heterocycles. The number of quaternary nitrogens is 1. The van der Waals surface area contributed by atoms with Crippen molar-refractivity contribution in [3.63, 3.8) is 0 Å². The lowest BCUT2D eigenvalue weighted by molar-refractivity contribution is -0.899. The van der Waals surface area contributed by atoms with Gasteiger partial charge in [-0.15, -0.1) is 0 Å². The summed E-state index contributed by atoms with van der Waals surface area (Å²) in [4.78, 5) is 3.70. The highest BCUT2D eigenvalue weighted by Crippen LogP contribution is 2.30. The minimum atomic E-state index is -0.512. The smallest absolute Gasteiger partial charge is 0.126 e. The van der Waals surface area contributed by atoms with Gasteiger partial charge in [-0.25, -0.2) is 0 Å². The number of para-hydroxylation sites is 4. The van der Waals surface area contributed by atoms with Gasteiger partial charge in [-0.2, -0.15) is 0 Å². The van der Waals surface area contributed by atoms with Gasteiger partial charge in [0.15, 0.2) is 0 Å². The van der Waals surface area contributed by atoms with E-state index in [4.69, 9.17) is 4.74 Å². The van der Waals surface area contributed by atoms with Crippen molar-refractivity contribution in [1.82, 2.24) is 4.57 Å². The highest BCUT2D eigenvalue weighted by Gasteiger charge is 2.22. The topological polar surface area (TPSA) is 42.1 Å². The number of nitrogens with one attached hydrogen (secondary N) is 1. The second-order valence-electron chi connectivity index (χ2n) is 10.2. The lowest BCUT2D eigenvalue weighted by Crippen LogP contribution is -3.12. The zero-order valence-corrected chi connectivity index (χ0v) is 23.0. The number of hydrogen-bond donors (Lipinski definition) is 2. The Hall–Kier alpha value is -3.64. The third kappa shape index (κ3) is 6.34. The molecule has 1 aromatic heterocycles. The molecule has 0 amide bonds. The summed E-state index contributed by atoms with van der Waals surface area (Å²) in [7, 11) is 0. The van der Waals surface area contributed by atoms with Crippen molar-refractivity contribution in [3.8, 4) is 0 Å². The average Bonchev–Trinajstić information content (AvgIpc) is 3.31. The van der Waals surface area contributed by atoms with E-state index in [-0.39, 0.29) is 6.10 Å². The van der Waals surface area contributed by atoms with Crippen LogP contribution in [0, 0.1) is 0 Å². The van der Waals surface area contributed by atoms with Crippen LogP contribution in [-0.4, -0.2) is 54.7 Å². The van der Waals surface area contributed by atoms with E-state index in [1.807, 2.05) is 12.1 Å². The molecule has 0 fully saturated rings. The number of nitrogens with zero attached hydrogens (tertiary/aromatic N) is 2. The number of aromatic nitrogens is 1. The fourth-order valence-corrected chi connectivity index (χ4v) is 5.52. The Kier molecular flexibility index (Phi) is 8.94. The van der Waals surface area contributed by atoms with E-state index in [0.717, 1.165) is 24.5 Å². The van der Waals surface area contributed by atoms with Gasteiger partial charge in [0.1, 0.15) is 12.6 Å². The van der Waals surface area contributed by atoms with Crippen LogP contribution in [0.5, 0.6) is 0 Å². The highest BCUT2D eigenvalue weighted by atomic mass is 16.5. The summed E-state index contributed by atoms with van der Waals surface area (Å²) in [5.41, 5.74) is 4.64. The van der Waals surface area contributed by atoms with Crippen molar-refractivity contribution in [2.75, 3.05) is 37.7 Å². The summed E-state index contributed by atoms with van der Waals surface area (Å²) in [5.74, 6) is 0. The van der Waals surface area contributed by atoms with Crippen molar-refractivity contribution in [3.05, 3.63) is 109 Å². The predicted octanol–water partition coefficient (Wildman–Crippen LogP) is 5.30. The summed E-state index contributed by atoms with van der Waals surface area (Å²) in [6, 6.07) is 38.1. The molecule has 0 aliphatic rings. The molecule has 0 spiro atoms. The van der Waals surface area contributed by atoms with Gasteiger partial charge in [-0.05, 0) is 50.2 Å². The van der Waals surface area contributed by atoms with Crippen molar-refractivity contribution in [2.24, 2.45) is 0 Å². The van der Waals surface area contributed by atoms with Crippen LogP contribution in [-0.2, 0) is 11.3 Å². The SMILES string of the molecule is CC[NH+](CC)C[C@@H](O)CO[C@@H](CN(c1ccccc1)c1ccccc1)Cn1c2ccccc2c2ccccc21. The Morgan fingerprint density at radius 1 is 0.718 bits per heavy atom. The molecule has 5 heteroatoms. The number of rotatable bonds is 13. The summed E-state index contributed by atoms with van der Waals surface area (Å²) < 4.78 is 8.99. The van der Waals surface area contributed by atoms with E-state index in [0.29, 0.717) is 26.2 Å². The molecule has 5 nitrogen and oxygen atoms in total. The van der Waals surface area contributed by atoms with E-state index in [2.05, 4.69) is 120 Å². The van der Waals surface area contributed by atoms with Gasteiger partial charge in [-0.1, -0.05) is 72.8 Å². The molecule has 1 heterocycles. The average molecular weight is 523 g/mol. The molecule has 202 valence electrons. The number of hydrogen-bond acceptors (Lipinski definition) is 3. The van der Waals surface area contributed by atoms with Gasteiger partial charge in [0.2, 0.25) is 0 Å². The number of fused-ring (bicyclic) bond motifs is 3. The quantitative estimate of drug-likeness (QED) is 0.220. The van der Waals surface area contributed by atoms with Crippen LogP contribution >= 0.6 is 0 Å². The Bertz CT molecular complexity index is 1350. The van der Waals surface area contributed by atoms with Crippen LogP contribution in [0.25, 0.3) is 21.8 Å². The molecule has 39 heavy (non-hydrogen) atoms. The van der Waals surface area contributed by atoms with E-state index < -0.39 is 6.10 Å². The van der Waals surface area contributed by atoms with Crippen LogP contribution < -0.4 is 9.80 Å². The first kappa shape index (κ1) is 26.9. The van der Waals surface area contributed by atoms with Crippen LogP contribution in [0.4, 0.5) is 11.4 Å². The predicted molar refractivity (Wildman–Crippen MR) is 162 cm³/mol. The minimum Gasteiger partial charge on any atom is -0.385 e. The molecule has 5 aromatic rings. The number of likely N-dealkylation sites (N-methyl/N-ethyl adjacent to an activating group) is 1. The zero-order valence-electron chi connectivity index (χ0n) is 23.0. The maximum atomic E-state index is 10.9. The molecule has 2 N–H and O–H groups in total. The van der Waals surface area contributed by atoms with E-state index >= 15 is 0 Å². The van der Waals surface area contributed by atoms with Crippen LogP contribution in [0.15, 0.2) is 109 Å². The molecule has 4 aromatic carbocycles. The Morgan fingerprint density at radius 3 is 1.72 bits per heavy atom. The first-order chi connectivity index (χ1) is 19.2. The minimum absolute atomic E-state index is 0.161. The number of aliphatic hydroxyl groups is 1. The van der Waals surface area contributed by atoms with Gasteiger partial charge in [-0.3, -0.25) is 0 Å². The monoisotopic (exact) mass is 522 g/mol. The summed E-state index contributed by atoms with van der Waals surface area (Å²) in [6.45, 7) is 8.64. The first-order valence-electron chi connectivity index (χ1n) is 14.1. The van der Waals surface area contributed by atoms with Crippen LogP contribution in [0.2, 0.25) is 0 Å². The zero-order chi connectivity index (χ0) is 27.0. The van der Waals surface area contributed by atoms with Crippen molar-refractivity contribution >= 4 is 33.2 Å². The van der Waals surface area contributed by atoms with E-state index in [1.165, 1.54) is 26.7 Å². The number of anilines is 2. The summed E-state index contributed by atoms with van der Waals surface area (Å²) >= 11 is 0. The standard InChI is InChI=1S/C34H39N3O2/c1-3-35(4-2)23-29(38)26-39-30(24-36(27-15-7-5-8-16-27)28-17-9-6-10-18-28)25-37-33-21-13-11-19-31(33)32-20-12-14-22-34(32)37/h5-22,29-30,38H,3-4,23-26H2,1-2H3/p+1/t29-,30+/m1/s1. The van der Waals surface area contributed by atoms with Crippen LogP contribution in [0.3, 0.4) is 0 Å². The second-order valence-corrected chi connectivity index (χ2v) is 10.2. The largest absolute Gasteiger partial charge is 0.385 e. The van der Waals surface area contributed by atoms with Crippen LogP contribution in [0.1, 0.15) is 13.8 Å². The van der Waals surface area contributed by atoms with Gasteiger partial charge >= 0.3 is 0 Å². The third-order valence-electron chi connectivity index (χ3n) is 7.64. The molecular formula is C34H40N3O2+. The lowest BCUT2D eigenvalue weighted by atomic mass is 10.2. The first-order valence-corrected chi connectivity index (χ1v) is 14.1. The summed E-state index contributed by atoms with van der Waals surface area (Å²) in [6.07, 6.45) is -0.673. The number of benzene rings is 4. The molecule has 0 bridgehead atoms. The molecule has 0 saturated carbocycles. The maximum absolute atomic E-state index is 10.9. The Morgan fingerprint density at radius 2 is 1.21 bits per heavy atom. The lowest BCUT2D eigenvalue weighted by Gasteiger charge is -2.31.